The molecule has 0 aromatic heterocycles. The second kappa shape index (κ2) is 9.44. The molecule has 0 saturated carbocycles. The Bertz CT molecular complexity index is 1210. The number of allylic oxidation sites excluding steroid dienone is 1. The highest BCUT2D eigenvalue weighted by Crippen LogP contribution is 2.40. The third-order valence-corrected chi connectivity index (χ3v) is 6.27. The number of halogens is 1. The molecule has 3 aromatic carbocycles. The Kier molecular flexibility index (Phi) is 6.62. The van der Waals surface area contributed by atoms with Crippen molar-refractivity contribution in [1.29, 1.82) is 0 Å². The van der Waals surface area contributed by atoms with Gasteiger partial charge in [0.2, 0.25) is 0 Å². The molecule has 0 bridgehead atoms. The smallest absolute Gasteiger partial charge is 0.128 e. The first-order valence-electron chi connectivity index (χ1n) is 11.5. The average molecular weight is 459 g/mol. The van der Waals surface area contributed by atoms with Crippen LogP contribution in [-0.4, -0.2) is 18.3 Å². The summed E-state index contributed by atoms with van der Waals surface area (Å²) in [6, 6.07) is 19.7. The summed E-state index contributed by atoms with van der Waals surface area (Å²) >= 11 is 6.03. The van der Waals surface area contributed by atoms with E-state index in [0.29, 0.717) is 10.8 Å². The van der Waals surface area contributed by atoms with Crippen LogP contribution in [0.1, 0.15) is 50.8 Å². The van der Waals surface area contributed by atoms with Gasteiger partial charge in [0.15, 0.2) is 0 Å². The number of rotatable bonds is 6. The Morgan fingerprint density at radius 3 is 2.45 bits per heavy atom. The summed E-state index contributed by atoms with van der Waals surface area (Å²) in [5.74, 6) is 1.47. The Morgan fingerprint density at radius 2 is 1.76 bits per heavy atom. The quantitative estimate of drug-likeness (QED) is 0.345. The standard InChI is InChI=1S/C29H31ClN2O/c1-6-14-32-28-15-20(2)22(16-27(28)21(3)18-29(32,4)5)19-31-24-10-12-25(13-11-24)33-26-9-7-8-23(30)17-26/h7-13,15-19H,6,14H2,1-5H3. The Labute approximate surface area is 202 Å². The molecule has 3 aromatic rings. The van der Waals surface area contributed by atoms with E-state index in [-0.39, 0.29) is 5.54 Å². The van der Waals surface area contributed by atoms with Gasteiger partial charge in [-0.1, -0.05) is 30.7 Å². The number of fused-ring (bicyclic) bond motifs is 1. The van der Waals surface area contributed by atoms with Gasteiger partial charge in [0.05, 0.1) is 11.2 Å². The van der Waals surface area contributed by atoms with Gasteiger partial charge in [0.25, 0.3) is 0 Å². The van der Waals surface area contributed by atoms with Crippen LogP contribution in [0.3, 0.4) is 0 Å². The monoisotopic (exact) mass is 458 g/mol. The first-order chi connectivity index (χ1) is 15.8. The van der Waals surface area contributed by atoms with Gasteiger partial charge in [-0.15, -0.1) is 0 Å². The molecule has 170 valence electrons. The summed E-state index contributed by atoms with van der Waals surface area (Å²) in [5, 5.41) is 0.653. The van der Waals surface area contributed by atoms with E-state index in [0.717, 1.165) is 30.0 Å². The Balaban J connectivity index is 1.56. The molecule has 4 rings (SSSR count). The maximum atomic E-state index is 6.03. The van der Waals surface area contributed by atoms with Crippen molar-refractivity contribution in [2.24, 2.45) is 4.99 Å². The van der Waals surface area contributed by atoms with Crippen molar-refractivity contribution in [2.75, 3.05) is 11.4 Å². The van der Waals surface area contributed by atoms with Gasteiger partial charge < -0.3 is 9.64 Å². The molecule has 3 nitrogen and oxygen atoms in total. The molecule has 1 aliphatic rings. The zero-order valence-electron chi connectivity index (χ0n) is 20.0. The highest BCUT2D eigenvalue weighted by atomic mass is 35.5. The van der Waals surface area contributed by atoms with Gasteiger partial charge >= 0.3 is 0 Å². The summed E-state index contributed by atoms with van der Waals surface area (Å²) in [4.78, 5) is 7.24. The molecular formula is C29H31ClN2O. The van der Waals surface area contributed by atoms with E-state index in [1.54, 1.807) is 6.07 Å². The molecule has 33 heavy (non-hydrogen) atoms. The van der Waals surface area contributed by atoms with E-state index >= 15 is 0 Å². The summed E-state index contributed by atoms with van der Waals surface area (Å²) in [7, 11) is 0. The van der Waals surface area contributed by atoms with Crippen LogP contribution in [0.25, 0.3) is 5.57 Å². The summed E-state index contributed by atoms with van der Waals surface area (Å²) in [6.45, 7) is 12.2. The molecular weight excluding hydrogens is 428 g/mol. The van der Waals surface area contributed by atoms with E-state index in [1.807, 2.05) is 48.7 Å². The highest BCUT2D eigenvalue weighted by molar-refractivity contribution is 6.30. The third kappa shape index (κ3) is 5.15. The van der Waals surface area contributed by atoms with Crippen molar-refractivity contribution >= 4 is 34.8 Å². The van der Waals surface area contributed by atoms with Gasteiger partial charge in [-0.25, -0.2) is 0 Å². The van der Waals surface area contributed by atoms with Gasteiger partial charge in [-0.3, -0.25) is 4.99 Å². The largest absolute Gasteiger partial charge is 0.457 e. The van der Waals surface area contributed by atoms with Crippen LogP contribution in [0.2, 0.25) is 5.02 Å². The lowest BCUT2D eigenvalue weighted by Gasteiger charge is -2.43. The number of hydrogen-bond acceptors (Lipinski definition) is 3. The first-order valence-corrected chi connectivity index (χ1v) is 11.8. The Hall–Kier alpha value is -3.04. The zero-order chi connectivity index (χ0) is 23.6. The fraction of sp³-hybridized carbons (Fsp3) is 0.276. The number of nitrogens with zero attached hydrogens (tertiary/aromatic N) is 2. The molecule has 1 aliphatic heterocycles. The number of benzene rings is 3. The van der Waals surface area contributed by atoms with E-state index in [9.17, 15) is 0 Å². The molecule has 4 heteroatoms. The molecule has 0 radical (unpaired) electrons. The van der Waals surface area contributed by atoms with Gasteiger partial charge in [-0.2, -0.15) is 0 Å². The maximum absolute atomic E-state index is 6.03. The van der Waals surface area contributed by atoms with Gasteiger partial charge in [0, 0.05) is 29.0 Å². The molecule has 0 amide bonds. The molecule has 0 saturated heterocycles. The van der Waals surface area contributed by atoms with Crippen LogP contribution in [0.4, 0.5) is 11.4 Å². The van der Waals surface area contributed by atoms with Crippen molar-refractivity contribution in [2.45, 2.75) is 46.6 Å². The lowest BCUT2D eigenvalue weighted by molar-refractivity contribution is 0.483. The minimum Gasteiger partial charge on any atom is -0.457 e. The highest BCUT2D eigenvalue weighted by Gasteiger charge is 2.31. The van der Waals surface area contributed by atoms with E-state index < -0.39 is 0 Å². The second-order valence-corrected chi connectivity index (χ2v) is 9.61. The predicted octanol–water partition coefficient (Wildman–Crippen LogP) is 8.60. The molecule has 0 atom stereocenters. The normalized spacial score (nSPS) is 14.8. The minimum atomic E-state index is 0.0179. The van der Waals surface area contributed by atoms with Crippen molar-refractivity contribution in [1.82, 2.24) is 0 Å². The number of ether oxygens (including phenoxy) is 1. The summed E-state index contributed by atoms with van der Waals surface area (Å²) in [6.07, 6.45) is 5.45. The van der Waals surface area contributed by atoms with Crippen molar-refractivity contribution in [3.63, 3.8) is 0 Å². The van der Waals surface area contributed by atoms with Crippen molar-refractivity contribution in [3.8, 4) is 11.5 Å². The van der Waals surface area contributed by atoms with E-state index in [1.165, 1.54) is 22.4 Å². The van der Waals surface area contributed by atoms with Crippen LogP contribution in [-0.2, 0) is 0 Å². The van der Waals surface area contributed by atoms with Crippen LogP contribution in [0, 0.1) is 6.92 Å². The predicted molar refractivity (Wildman–Crippen MR) is 142 cm³/mol. The van der Waals surface area contributed by atoms with Crippen molar-refractivity contribution < 1.29 is 4.74 Å². The summed E-state index contributed by atoms with van der Waals surface area (Å²) in [5.41, 5.74) is 7.19. The topological polar surface area (TPSA) is 24.8 Å². The van der Waals surface area contributed by atoms with Crippen LogP contribution in [0.5, 0.6) is 11.5 Å². The van der Waals surface area contributed by atoms with Crippen LogP contribution < -0.4 is 9.64 Å². The first kappa shape index (κ1) is 23.1. The number of hydrogen-bond donors (Lipinski definition) is 0. The van der Waals surface area contributed by atoms with Crippen LogP contribution in [0.15, 0.2) is 71.7 Å². The maximum Gasteiger partial charge on any atom is 0.128 e. The number of anilines is 1. The third-order valence-electron chi connectivity index (χ3n) is 6.03. The lowest BCUT2D eigenvalue weighted by atomic mass is 9.87. The molecule has 0 fully saturated rings. The molecule has 0 spiro atoms. The number of aliphatic imine (C=N–C) groups is 1. The molecule has 0 aliphatic carbocycles. The molecule has 1 heterocycles. The fourth-order valence-corrected chi connectivity index (χ4v) is 4.61. The van der Waals surface area contributed by atoms with E-state index in [2.05, 4.69) is 57.7 Å². The lowest BCUT2D eigenvalue weighted by Crippen LogP contribution is -2.45. The second-order valence-electron chi connectivity index (χ2n) is 9.17. The van der Waals surface area contributed by atoms with Crippen molar-refractivity contribution in [3.05, 3.63) is 88.5 Å². The minimum absolute atomic E-state index is 0.0179. The van der Waals surface area contributed by atoms with Crippen LogP contribution >= 0.6 is 11.6 Å². The fourth-order valence-electron chi connectivity index (χ4n) is 4.43. The summed E-state index contributed by atoms with van der Waals surface area (Å²) < 4.78 is 5.87. The molecule has 0 unspecified atom stereocenters. The molecule has 0 N–H and O–H groups in total. The zero-order valence-corrected chi connectivity index (χ0v) is 20.8. The van der Waals surface area contributed by atoms with Gasteiger partial charge in [0.1, 0.15) is 11.5 Å². The Morgan fingerprint density at radius 1 is 1.00 bits per heavy atom. The van der Waals surface area contributed by atoms with E-state index in [4.69, 9.17) is 21.3 Å². The SMILES string of the molecule is CCCN1c2cc(C)c(C=Nc3ccc(Oc4cccc(Cl)c4)cc3)cc2C(C)=CC1(C)C. The van der Waals surface area contributed by atoms with Gasteiger partial charge in [-0.05, 0) is 105 Å². The average Bonchev–Trinajstić information content (AvgIpc) is 2.76. The number of aryl methyl sites for hydroxylation is 1.